The summed E-state index contributed by atoms with van der Waals surface area (Å²) in [4.78, 5) is 14.9. The molecule has 2 aromatic carbocycles. The van der Waals surface area contributed by atoms with E-state index in [1.54, 1.807) is 0 Å². The van der Waals surface area contributed by atoms with Crippen molar-refractivity contribution in [1.82, 2.24) is 4.90 Å². The van der Waals surface area contributed by atoms with Crippen molar-refractivity contribution in [2.75, 3.05) is 19.7 Å². The quantitative estimate of drug-likeness (QED) is 0.794. The summed E-state index contributed by atoms with van der Waals surface area (Å²) < 4.78 is 0. The Morgan fingerprint density at radius 3 is 2.14 bits per heavy atom. The fraction of sp³-hybridized carbons (Fsp3) is 0.278. The van der Waals surface area contributed by atoms with Crippen molar-refractivity contribution in [3.05, 3.63) is 71.8 Å². The van der Waals surface area contributed by atoms with E-state index < -0.39 is 0 Å². The summed E-state index contributed by atoms with van der Waals surface area (Å²) in [6, 6.07) is 18.7. The molecule has 1 atom stereocenters. The van der Waals surface area contributed by atoms with Crippen LogP contribution in [0.5, 0.6) is 0 Å². The number of likely N-dealkylation sites (N-methyl/N-ethyl adjacent to an activating group) is 1. The molecule has 0 unspecified atom stereocenters. The lowest BCUT2D eigenvalue weighted by atomic mass is 9.96. The molecule has 0 aliphatic heterocycles. The van der Waals surface area contributed by atoms with Crippen LogP contribution < -0.4 is 0 Å². The van der Waals surface area contributed by atoms with Crippen LogP contribution in [-0.4, -0.2) is 35.5 Å². The molecule has 0 radical (unpaired) electrons. The van der Waals surface area contributed by atoms with Crippen molar-refractivity contribution >= 4 is 5.78 Å². The standard InChI is InChI=1S/C18H21NO2/c1-2-19(13-14-20)17(15-9-5-3-6-10-15)18(21)16-11-7-4-8-12-16/h3-12,17,20H,2,13-14H2,1H3/t17-/m0/s1. The molecule has 21 heavy (non-hydrogen) atoms. The Bertz CT molecular complexity index is 554. The summed E-state index contributed by atoms with van der Waals surface area (Å²) in [6.07, 6.45) is 0. The third kappa shape index (κ3) is 3.78. The van der Waals surface area contributed by atoms with E-state index in [4.69, 9.17) is 0 Å². The number of nitrogens with zero attached hydrogens (tertiary/aromatic N) is 1. The number of benzene rings is 2. The van der Waals surface area contributed by atoms with Crippen molar-refractivity contribution in [3.63, 3.8) is 0 Å². The highest BCUT2D eigenvalue weighted by Crippen LogP contribution is 2.24. The molecule has 0 aliphatic carbocycles. The van der Waals surface area contributed by atoms with E-state index in [0.29, 0.717) is 18.7 Å². The number of ketones is 1. The molecule has 0 fully saturated rings. The van der Waals surface area contributed by atoms with Gasteiger partial charge in [-0.15, -0.1) is 0 Å². The number of aliphatic hydroxyl groups excluding tert-OH is 1. The van der Waals surface area contributed by atoms with Gasteiger partial charge in [0.05, 0.1) is 12.6 Å². The molecule has 0 spiro atoms. The number of hydrogen-bond acceptors (Lipinski definition) is 3. The molecule has 0 bridgehead atoms. The van der Waals surface area contributed by atoms with Crippen molar-refractivity contribution < 1.29 is 9.90 Å². The second kappa shape index (κ2) is 7.72. The SMILES string of the molecule is CCN(CCO)[C@H](C(=O)c1ccccc1)c1ccccc1. The highest BCUT2D eigenvalue weighted by Gasteiger charge is 2.27. The number of Topliss-reactive ketones (excluding diaryl/α,β-unsaturated/α-hetero) is 1. The molecule has 0 heterocycles. The molecule has 0 amide bonds. The molecule has 3 nitrogen and oxygen atoms in total. The molecular formula is C18H21NO2. The summed E-state index contributed by atoms with van der Waals surface area (Å²) >= 11 is 0. The van der Waals surface area contributed by atoms with Gasteiger partial charge in [0.1, 0.15) is 0 Å². The number of rotatable bonds is 7. The molecule has 3 heteroatoms. The van der Waals surface area contributed by atoms with Crippen molar-refractivity contribution in [1.29, 1.82) is 0 Å². The molecule has 110 valence electrons. The van der Waals surface area contributed by atoms with Crippen LogP contribution in [0.25, 0.3) is 0 Å². The van der Waals surface area contributed by atoms with Gasteiger partial charge in [-0.3, -0.25) is 9.69 Å². The average Bonchev–Trinajstić information content (AvgIpc) is 2.56. The van der Waals surface area contributed by atoms with Crippen LogP contribution in [-0.2, 0) is 0 Å². The van der Waals surface area contributed by atoms with Crippen LogP contribution in [0.4, 0.5) is 0 Å². The van der Waals surface area contributed by atoms with E-state index in [2.05, 4.69) is 0 Å². The van der Waals surface area contributed by atoms with Crippen molar-refractivity contribution in [2.45, 2.75) is 13.0 Å². The molecule has 2 rings (SSSR count). The van der Waals surface area contributed by atoms with Gasteiger partial charge in [-0.25, -0.2) is 0 Å². The monoisotopic (exact) mass is 283 g/mol. The largest absolute Gasteiger partial charge is 0.395 e. The van der Waals surface area contributed by atoms with Crippen molar-refractivity contribution in [2.24, 2.45) is 0 Å². The van der Waals surface area contributed by atoms with Gasteiger partial charge in [-0.1, -0.05) is 67.6 Å². The number of hydrogen-bond donors (Lipinski definition) is 1. The maximum absolute atomic E-state index is 12.9. The van der Waals surface area contributed by atoms with Gasteiger partial charge in [0, 0.05) is 12.1 Å². The van der Waals surface area contributed by atoms with E-state index in [-0.39, 0.29) is 18.4 Å². The lowest BCUT2D eigenvalue weighted by Gasteiger charge is -2.29. The zero-order valence-corrected chi connectivity index (χ0v) is 12.3. The topological polar surface area (TPSA) is 40.5 Å². The third-order valence-electron chi connectivity index (χ3n) is 3.58. The highest BCUT2D eigenvalue weighted by molar-refractivity contribution is 6.00. The Morgan fingerprint density at radius 2 is 1.62 bits per heavy atom. The van der Waals surface area contributed by atoms with Gasteiger partial charge in [0.2, 0.25) is 0 Å². The van der Waals surface area contributed by atoms with Crippen LogP contribution in [0.3, 0.4) is 0 Å². The Kier molecular flexibility index (Phi) is 5.67. The van der Waals surface area contributed by atoms with Gasteiger partial charge < -0.3 is 5.11 Å². The second-order valence-corrected chi connectivity index (χ2v) is 4.90. The zero-order chi connectivity index (χ0) is 15.1. The van der Waals surface area contributed by atoms with E-state index in [1.807, 2.05) is 72.5 Å². The summed E-state index contributed by atoms with van der Waals surface area (Å²) in [5, 5.41) is 9.26. The minimum Gasteiger partial charge on any atom is -0.395 e. The third-order valence-corrected chi connectivity index (χ3v) is 3.58. The first-order chi connectivity index (χ1) is 10.3. The first-order valence-corrected chi connectivity index (χ1v) is 7.27. The molecule has 0 aliphatic rings. The maximum Gasteiger partial charge on any atom is 0.184 e. The van der Waals surface area contributed by atoms with Crippen LogP contribution in [0.2, 0.25) is 0 Å². The predicted molar refractivity (Wildman–Crippen MR) is 84.3 cm³/mol. The summed E-state index contributed by atoms with van der Waals surface area (Å²) in [6.45, 7) is 3.23. The summed E-state index contributed by atoms with van der Waals surface area (Å²) in [5.74, 6) is 0.0668. The van der Waals surface area contributed by atoms with E-state index in [0.717, 1.165) is 5.56 Å². The van der Waals surface area contributed by atoms with E-state index in [9.17, 15) is 9.90 Å². The Morgan fingerprint density at radius 1 is 1.05 bits per heavy atom. The first-order valence-electron chi connectivity index (χ1n) is 7.27. The van der Waals surface area contributed by atoms with Crippen LogP contribution in [0.15, 0.2) is 60.7 Å². The van der Waals surface area contributed by atoms with E-state index in [1.165, 1.54) is 0 Å². The minimum atomic E-state index is -0.356. The number of carbonyl (C=O) groups is 1. The lowest BCUT2D eigenvalue weighted by molar-refractivity contribution is 0.0793. The Balaban J connectivity index is 2.38. The van der Waals surface area contributed by atoms with Gasteiger partial charge in [-0.2, -0.15) is 0 Å². The molecule has 1 N–H and O–H groups in total. The Labute approximate surface area is 125 Å². The normalized spacial score (nSPS) is 12.3. The van der Waals surface area contributed by atoms with Gasteiger partial charge >= 0.3 is 0 Å². The fourth-order valence-corrected chi connectivity index (χ4v) is 2.52. The second-order valence-electron chi connectivity index (χ2n) is 4.90. The Hall–Kier alpha value is -1.97. The maximum atomic E-state index is 12.9. The molecule has 0 aromatic heterocycles. The number of carbonyl (C=O) groups excluding carboxylic acids is 1. The molecule has 0 saturated heterocycles. The van der Waals surface area contributed by atoms with Crippen molar-refractivity contribution in [3.8, 4) is 0 Å². The zero-order valence-electron chi connectivity index (χ0n) is 12.3. The molecule has 2 aromatic rings. The minimum absolute atomic E-state index is 0.0409. The summed E-state index contributed by atoms with van der Waals surface area (Å²) in [7, 11) is 0. The summed E-state index contributed by atoms with van der Waals surface area (Å²) in [5.41, 5.74) is 1.66. The fourth-order valence-electron chi connectivity index (χ4n) is 2.52. The van der Waals surface area contributed by atoms with Gasteiger partial charge in [-0.05, 0) is 12.1 Å². The smallest absolute Gasteiger partial charge is 0.184 e. The number of aliphatic hydroxyl groups is 1. The van der Waals surface area contributed by atoms with E-state index >= 15 is 0 Å². The highest BCUT2D eigenvalue weighted by atomic mass is 16.3. The average molecular weight is 283 g/mol. The van der Waals surface area contributed by atoms with Crippen LogP contribution in [0.1, 0.15) is 28.9 Å². The molecule has 0 saturated carbocycles. The van der Waals surface area contributed by atoms with Gasteiger partial charge in [0.25, 0.3) is 0 Å². The van der Waals surface area contributed by atoms with Crippen LogP contribution in [0, 0.1) is 0 Å². The molecular weight excluding hydrogens is 262 g/mol. The van der Waals surface area contributed by atoms with Crippen LogP contribution >= 0.6 is 0 Å². The lowest BCUT2D eigenvalue weighted by Crippen LogP contribution is -2.36. The first kappa shape index (κ1) is 15.4. The van der Waals surface area contributed by atoms with Gasteiger partial charge in [0.15, 0.2) is 5.78 Å². The predicted octanol–water partition coefficient (Wildman–Crippen LogP) is 2.92.